The molecule has 150 valence electrons. The summed E-state index contributed by atoms with van der Waals surface area (Å²) in [6.07, 6.45) is 0. The van der Waals surface area contributed by atoms with Gasteiger partial charge in [-0.25, -0.2) is 4.39 Å². The second-order valence-corrected chi connectivity index (χ2v) is 7.34. The van der Waals surface area contributed by atoms with Crippen LogP contribution in [-0.4, -0.2) is 52.7 Å². The number of carbonyl (C=O) groups is 1. The molecule has 1 aromatic heterocycles. The summed E-state index contributed by atoms with van der Waals surface area (Å²) in [4.78, 5) is 14.4. The van der Waals surface area contributed by atoms with Crippen LogP contribution in [0.1, 0.15) is 0 Å². The van der Waals surface area contributed by atoms with Crippen molar-refractivity contribution in [1.29, 1.82) is 0 Å². The Labute approximate surface area is 171 Å². The molecule has 9 heteroatoms. The molecule has 0 bridgehead atoms. The van der Waals surface area contributed by atoms with E-state index >= 15 is 0 Å². The van der Waals surface area contributed by atoms with Gasteiger partial charge in [-0.15, -0.1) is 10.2 Å². The van der Waals surface area contributed by atoms with Gasteiger partial charge >= 0.3 is 0 Å². The quantitative estimate of drug-likeness (QED) is 0.627. The van der Waals surface area contributed by atoms with Crippen LogP contribution >= 0.6 is 11.8 Å². The fourth-order valence-electron chi connectivity index (χ4n) is 3.02. The first-order chi connectivity index (χ1) is 14.2. The molecule has 1 N–H and O–H groups in total. The molecule has 1 aliphatic rings. The number of carbonyl (C=O) groups excluding carboxylic acids is 1. The van der Waals surface area contributed by atoms with Gasteiger partial charge in [-0.1, -0.05) is 36.0 Å². The number of anilines is 2. The molecule has 2 aromatic carbocycles. The largest absolute Gasteiger partial charge is 0.378 e. The highest BCUT2D eigenvalue weighted by molar-refractivity contribution is 7.99. The lowest BCUT2D eigenvalue weighted by atomic mass is 10.3. The van der Waals surface area contributed by atoms with E-state index in [0.717, 1.165) is 24.7 Å². The summed E-state index contributed by atoms with van der Waals surface area (Å²) in [5, 5.41) is 12.0. The molecule has 29 heavy (non-hydrogen) atoms. The Bertz CT molecular complexity index is 976. The zero-order valence-corrected chi connectivity index (χ0v) is 16.4. The minimum atomic E-state index is -0.394. The molecule has 4 rings (SSSR count). The molecule has 1 aliphatic heterocycles. The van der Waals surface area contributed by atoms with Crippen molar-refractivity contribution in [1.82, 2.24) is 14.8 Å². The predicted molar refractivity (Wildman–Crippen MR) is 110 cm³/mol. The zero-order chi connectivity index (χ0) is 20.1. The number of para-hydroxylation sites is 1. The first kappa shape index (κ1) is 19.4. The molecule has 0 spiro atoms. The molecule has 0 aliphatic carbocycles. The van der Waals surface area contributed by atoms with Crippen molar-refractivity contribution in [2.75, 3.05) is 42.3 Å². The number of hydrogen-bond donors (Lipinski definition) is 1. The summed E-state index contributed by atoms with van der Waals surface area (Å²) in [6, 6.07) is 15.6. The first-order valence-corrected chi connectivity index (χ1v) is 10.2. The smallest absolute Gasteiger partial charge is 0.234 e. The van der Waals surface area contributed by atoms with E-state index in [1.54, 1.807) is 12.1 Å². The molecule has 1 fully saturated rings. The number of thioether (sulfide) groups is 1. The summed E-state index contributed by atoms with van der Waals surface area (Å²) in [6.45, 7) is 2.74. The summed E-state index contributed by atoms with van der Waals surface area (Å²) >= 11 is 1.28. The van der Waals surface area contributed by atoms with Crippen molar-refractivity contribution >= 4 is 29.3 Å². The van der Waals surface area contributed by atoms with Gasteiger partial charge in [-0.3, -0.25) is 9.36 Å². The SMILES string of the molecule is O=C(CSc1nnc(N2CCOCC2)n1-c1ccccc1)Nc1cccc(F)c1. The van der Waals surface area contributed by atoms with Crippen LogP contribution in [0.3, 0.4) is 0 Å². The molecule has 3 aromatic rings. The number of ether oxygens (including phenoxy) is 1. The number of morpholine rings is 1. The molecule has 1 amide bonds. The maximum Gasteiger partial charge on any atom is 0.234 e. The molecule has 0 atom stereocenters. The van der Waals surface area contributed by atoms with Gasteiger partial charge in [0.2, 0.25) is 11.9 Å². The third kappa shape index (κ3) is 4.75. The van der Waals surface area contributed by atoms with Gasteiger partial charge in [0.25, 0.3) is 0 Å². The van der Waals surface area contributed by atoms with E-state index in [-0.39, 0.29) is 11.7 Å². The van der Waals surface area contributed by atoms with E-state index in [4.69, 9.17) is 4.74 Å². The molecular formula is C20H20FN5O2S. The number of hydrogen-bond acceptors (Lipinski definition) is 6. The maximum absolute atomic E-state index is 13.3. The van der Waals surface area contributed by atoms with E-state index in [9.17, 15) is 9.18 Å². The Kier molecular flexibility index (Phi) is 6.06. The molecular weight excluding hydrogens is 393 g/mol. The Morgan fingerprint density at radius 2 is 1.90 bits per heavy atom. The third-order valence-corrected chi connectivity index (χ3v) is 5.29. The molecule has 0 radical (unpaired) electrons. The molecule has 7 nitrogen and oxygen atoms in total. The van der Waals surface area contributed by atoms with Crippen molar-refractivity contribution in [3.63, 3.8) is 0 Å². The Morgan fingerprint density at radius 3 is 2.66 bits per heavy atom. The lowest BCUT2D eigenvalue weighted by molar-refractivity contribution is -0.113. The van der Waals surface area contributed by atoms with Crippen LogP contribution in [0.4, 0.5) is 16.0 Å². The van der Waals surface area contributed by atoms with Crippen molar-refractivity contribution in [3.05, 3.63) is 60.4 Å². The highest BCUT2D eigenvalue weighted by Crippen LogP contribution is 2.27. The molecule has 2 heterocycles. The fourth-order valence-corrected chi connectivity index (χ4v) is 3.77. The molecule has 0 unspecified atom stereocenters. The van der Waals surface area contributed by atoms with E-state index in [2.05, 4.69) is 20.4 Å². The van der Waals surface area contributed by atoms with Crippen molar-refractivity contribution in [3.8, 4) is 5.69 Å². The number of nitrogens with one attached hydrogen (secondary N) is 1. The number of rotatable bonds is 6. The monoisotopic (exact) mass is 413 g/mol. The molecule has 1 saturated heterocycles. The second-order valence-electron chi connectivity index (χ2n) is 6.40. The minimum absolute atomic E-state index is 0.130. The topological polar surface area (TPSA) is 72.3 Å². The van der Waals surface area contributed by atoms with Gasteiger partial charge in [-0.2, -0.15) is 0 Å². The van der Waals surface area contributed by atoms with E-state index in [0.29, 0.717) is 24.1 Å². The fraction of sp³-hybridized carbons (Fsp3) is 0.250. The average molecular weight is 413 g/mol. The van der Waals surface area contributed by atoms with E-state index in [1.807, 2.05) is 34.9 Å². The second kappa shape index (κ2) is 9.06. The summed E-state index contributed by atoms with van der Waals surface area (Å²) < 4.78 is 20.7. The summed E-state index contributed by atoms with van der Waals surface area (Å²) in [5.74, 6) is 0.225. The Hall–Kier alpha value is -2.91. The van der Waals surface area contributed by atoms with Crippen LogP contribution in [0.25, 0.3) is 5.69 Å². The summed E-state index contributed by atoms with van der Waals surface area (Å²) in [5.41, 5.74) is 1.35. The molecule has 0 saturated carbocycles. The summed E-state index contributed by atoms with van der Waals surface area (Å²) in [7, 11) is 0. The van der Waals surface area contributed by atoms with Gasteiger partial charge in [0.05, 0.1) is 24.7 Å². The van der Waals surface area contributed by atoms with Gasteiger partial charge in [0, 0.05) is 18.8 Å². The lowest BCUT2D eigenvalue weighted by Gasteiger charge is -2.27. The Morgan fingerprint density at radius 1 is 1.10 bits per heavy atom. The van der Waals surface area contributed by atoms with Gasteiger partial charge in [-0.05, 0) is 30.3 Å². The van der Waals surface area contributed by atoms with Crippen LogP contribution in [-0.2, 0) is 9.53 Å². The number of halogens is 1. The standard InChI is InChI=1S/C20H20FN5O2S/c21-15-5-4-6-16(13-15)22-18(27)14-29-20-24-23-19(25-9-11-28-12-10-25)26(20)17-7-2-1-3-8-17/h1-8,13H,9-12,14H2,(H,22,27). The number of aromatic nitrogens is 3. The van der Waals surface area contributed by atoms with Gasteiger partial charge in [0.15, 0.2) is 5.16 Å². The number of benzene rings is 2. The normalized spacial score (nSPS) is 14.0. The maximum atomic E-state index is 13.3. The van der Waals surface area contributed by atoms with Crippen LogP contribution in [0, 0.1) is 5.82 Å². The van der Waals surface area contributed by atoms with Crippen molar-refractivity contribution < 1.29 is 13.9 Å². The van der Waals surface area contributed by atoms with Crippen LogP contribution < -0.4 is 10.2 Å². The van der Waals surface area contributed by atoms with Gasteiger partial charge in [0.1, 0.15) is 5.82 Å². The number of nitrogens with zero attached hydrogens (tertiary/aromatic N) is 4. The highest BCUT2D eigenvalue weighted by atomic mass is 32.2. The average Bonchev–Trinajstić information content (AvgIpc) is 3.17. The number of amides is 1. The van der Waals surface area contributed by atoms with Crippen LogP contribution in [0.5, 0.6) is 0 Å². The Balaban J connectivity index is 1.52. The van der Waals surface area contributed by atoms with E-state index in [1.165, 1.54) is 23.9 Å². The zero-order valence-electron chi connectivity index (χ0n) is 15.6. The van der Waals surface area contributed by atoms with Gasteiger partial charge < -0.3 is 15.0 Å². The van der Waals surface area contributed by atoms with Crippen molar-refractivity contribution in [2.45, 2.75) is 5.16 Å². The predicted octanol–water partition coefficient (Wildman–Crippen LogP) is 2.97. The van der Waals surface area contributed by atoms with Crippen LogP contribution in [0.15, 0.2) is 59.8 Å². The van der Waals surface area contributed by atoms with Crippen molar-refractivity contribution in [2.24, 2.45) is 0 Å². The third-order valence-electron chi connectivity index (χ3n) is 4.37. The van der Waals surface area contributed by atoms with Crippen LogP contribution in [0.2, 0.25) is 0 Å². The lowest BCUT2D eigenvalue weighted by Crippen LogP contribution is -2.37. The highest BCUT2D eigenvalue weighted by Gasteiger charge is 2.22. The minimum Gasteiger partial charge on any atom is -0.378 e. The van der Waals surface area contributed by atoms with E-state index < -0.39 is 5.82 Å². The first-order valence-electron chi connectivity index (χ1n) is 9.22.